The quantitative estimate of drug-likeness (QED) is 0.565. The lowest BCUT2D eigenvalue weighted by Gasteiger charge is -2.12. The van der Waals surface area contributed by atoms with Crippen molar-refractivity contribution in [2.24, 2.45) is 4.99 Å². The molecule has 1 aromatic heterocycles. The van der Waals surface area contributed by atoms with Crippen LogP contribution in [0.5, 0.6) is 0 Å². The Kier molecular flexibility index (Phi) is 6.42. The van der Waals surface area contributed by atoms with E-state index in [0.29, 0.717) is 23.9 Å². The minimum Gasteiger partial charge on any atom is -0.352 e. The molecule has 24 heavy (non-hydrogen) atoms. The molecule has 0 fully saturated rings. The molecule has 2 aromatic rings. The van der Waals surface area contributed by atoms with Gasteiger partial charge in [0, 0.05) is 34.6 Å². The maximum Gasteiger partial charge on any atom is 0.191 e. The number of halogens is 1. The summed E-state index contributed by atoms with van der Waals surface area (Å²) in [6.07, 6.45) is 1.22. The summed E-state index contributed by atoms with van der Waals surface area (Å²) in [4.78, 5) is 5.77. The Morgan fingerprint density at radius 2 is 1.96 bits per heavy atom. The molecule has 0 bridgehead atoms. The fraction of sp³-hybridized carbons (Fsp3) is 0.312. The Bertz CT molecular complexity index is 845. The van der Waals surface area contributed by atoms with E-state index in [4.69, 9.17) is 0 Å². The molecule has 0 aliphatic carbocycles. The van der Waals surface area contributed by atoms with Crippen LogP contribution >= 0.6 is 27.3 Å². The number of aliphatic imine (C=N–C) groups is 1. The van der Waals surface area contributed by atoms with Crippen LogP contribution < -0.4 is 10.6 Å². The summed E-state index contributed by atoms with van der Waals surface area (Å²) in [6, 6.07) is 7.42. The van der Waals surface area contributed by atoms with E-state index in [1.165, 1.54) is 11.1 Å². The molecule has 0 saturated heterocycles. The number of hydrogen-bond acceptors (Lipinski definition) is 4. The summed E-state index contributed by atoms with van der Waals surface area (Å²) >= 11 is 5.11. The molecule has 2 N–H and O–H groups in total. The van der Waals surface area contributed by atoms with Crippen LogP contribution in [0.2, 0.25) is 0 Å². The van der Waals surface area contributed by atoms with Crippen LogP contribution in [-0.4, -0.2) is 27.7 Å². The van der Waals surface area contributed by atoms with E-state index in [1.54, 1.807) is 24.5 Å². The summed E-state index contributed by atoms with van der Waals surface area (Å²) < 4.78 is 24.4. The molecular weight excluding hydrogens is 410 g/mol. The number of sulfone groups is 1. The fourth-order valence-electron chi connectivity index (χ4n) is 2.26. The summed E-state index contributed by atoms with van der Waals surface area (Å²) in [7, 11) is -1.46. The second-order valence-electron chi connectivity index (χ2n) is 5.38. The van der Waals surface area contributed by atoms with Crippen molar-refractivity contribution in [3.63, 3.8) is 0 Å². The van der Waals surface area contributed by atoms with Gasteiger partial charge in [-0.15, -0.1) is 11.3 Å². The molecule has 0 saturated carbocycles. The zero-order chi connectivity index (χ0) is 17.7. The minimum atomic E-state index is -3.18. The average molecular weight is 430 g/mol. The van der Waals surface area contributed by atoms with Crippen molar-refractivity contribution in [1.82, 2.24) is 10.6 Å². The SMILES string of the molecule is CN=C(NCc1ccc(S(C)(=O)=O)c(C)c1)NCc1cc(Br)cs1. The monoisotopic (exact) mass is 429 g/mol. The highest BCUT2D eigenvalue weighted by molar-refractivity contribution is 9.10. The normalized spacial score (nSPS) is 12.2. The maximum atomic E-state index is 11.7. The van der Waals surface area contributed by atoms with E-state index in [0.717, 1.165) is 15.6 Å². The van der Waals surface area contributed by atoms with Crippen LogP contribution in [0.4, 0.5) is 0 Å². The minimum absolute atomic E-state index is 0.372. The van der Waals surface area contributed by atoms with Crippen molar-refractivity contribution < 1.29 is 8.42 Å². The second-order valence-corrected chi connectivity index (χ2v) is 9.28. The molecule has 0 spiro atoms. The third-order valence-electron chi connectivity index (χ3n) is 3.37. The van der Waals surface area contributed by atoms with Gasteiger partial charge in [-0.05, 0) is 46.1 Å². The molecule has 0 unspecified atom stereocenters. The molecule has 130 valence electrons. The summed E-state index contributed by atoms with van der Waals surface area (Å²) in [5, 5.41) is 8.52. The predicted octanol–water partition coefficient (Wildman–Crippen LogP) is 3.09. The average Bonchev–Trinajstić information content (AvgIpc) is 2.92. The smallest absolute Gasteiger partial charge is 0.191 e. The predicted molar refractivity (Wildman–Crippen MR) is 103 cm³/mol. The van der Waals surface area contributed by atoms with Gasteiger partial charge >= 0.3 is 0 Å². The van der Waals surface area contributed by atoms with Gasteiger partial charge in [0.05, 0.1) is 11.4 Å². The topological polar surface area (TPSA) is 70.6 Å². The van der Waals surface area contributed by atoms with Crippen molar-refractivity contribution in [3.05, 3.63) is 50.1 Å². The molecule has 0 aliphatic rings. The maximum absolute atomic E-state index is 11.7. The number of rotatable bonds is 5. The van der Waals surface area contributed by atoms with Crippen LogP contribution in [0.25, 0.3) is 0 Å². The van der Waals surface area contributed by atoms with Crippen LogP contribution in [0.1, 0.15) is 16.0 Å². The fourth-order valence-corrected chi connectivity index (χ4v) is 4.61. The molecule has 0 amide bonds. The Morgan fingerprint density at radius 1 is 1.25 bits per heavy atom. The second kappa shape index (κ2) is 8.13. The highest BCUT2D eigenvalue weighted by Gasteiger charge is 2.11. The number of hydrogen-bond donors (Lipinski definition) is 2. The Hall–Kier alpha value is -1.38. The van der Waals surface area contributed by atoms with Gasteiger partial charge in [-0.1, -0.05) is 12.1 Å². The first-order valence-electron chi connectivity index (χ1n) is 7.26. The van der Waals surface area contributed by atoms with Gasteiger partial charge in [0.1, 0.15) is 0 Å². The van der Waals surface area contributed by atoms with E-state index >= 15 is 0 Å². The van der Waals surface area contributed by atoms with Gasteiger partial charge in [-0.2, -0.15) is 0 Å². The number of nitrogens with one attached hydrogen (secondary N) is 2. The molecule has 1 aromatic carbocycles. The first-order chi connectivity index (χ1) is 11.3. The van der Waals surface area contributed by atoms with Crippen molar-refractivity contribution in [1.29, 1.82) is 0 Å². The zero-order valence-electron chi connectivity index (χ0n) is 13.8. The highest BCUT2D eigenvalue weighted by Crippen LogP contribution is 2.19. The van der Waals surface area contributed by atoms with Crippen molar-refractivity contribution >= 4 is 43.1 Å². The third-order valence-corrected chi connectivity index (χ3v) is 6.33. The standard InChI is InChI=1S/C16H20BrN3O2S2/c1-11-6-12(4-5-15(11)24(3,21)22)8-19-16(18-2)20-9-14-7-13(17)10-23-14/h4-7,10H,8-9H2,1-3H3,(H2,18,19,20). The molecule has 0 atom stereocenters. The summed E-state index contributed by atoms with van der Waals surface area (Å²) in [6.45, 7) is 3.07. The molecule has 0 radical (unpaired) electrons. The van der Waals surface area contributed by atoms with Gasteiger partial charge in [0.25, 0.3) is 0 Å². The Morgan fingerprint density at radius 3 is 2.50 bits per heavy atom. The van der Waals surface area contributed by atoms with Crippen LogP contribution in [0.15, 0.2) is 44.0 Å². The van der Waals surface area contributed by atoms with Gasteiger partial charge in [0.15, 0.2) is 15.8 Å². The van der Waals surface area contributed by atoms with Crippen molar-refractivity contribution in [2.45, 2.75) is 24.9 Å². The van der Waals surface area contributed by atoms with E-state index in [2.05, 4.69) is 37.6 Å². The number of nitrogens with zero attached hydrogens (tertiary/aromatic N) is 1. The third kappa shape index (κ3) is 5.32. The molecule has 2 rings (SSSR count). The van der Waals surface area contributed by atoms with E-state index in [-0.39, 0.29) is 0 Å². The first-order valence-corrected chi connectivity index (χ1v) is 10.8. The lowest BCUT2D eigenvalue weighted by atomic mass is 10.1. The Labute approximate surface area is 155 Å². The van der Waals surface area contributed by atoms with Crippen molar-refractivity contribution in [3.8, 4) is 0 Å². The summed E-state index contributed by atoms with van der Waals surface area (Å²) in [5.74, 6) is 0.698. The largest absolute Gasteiger partial charge is 0.352 e. The molecule has 5 nitrogen and oxygen atoms in total. The number of aryl methyl sites for hydroxylation is 1. The van der Waals surface area contributed by atoms with E-state index in [1.807, 2.05) is 24.4 Å². The van der Waals surface area contributed by atoms with Gasteiger partial charge in [-0.3, -0.25) is 4.99 Å². The van der Waals surface area contributed by atoms with E-state index in [9.17, 15) is 8.42 Å². The van der Waals surface area contributed by atoms with Crippen molar-refractivity contribution in [2.75, 3.05) is 13.3 Å². The highest BCUT2D eigenvalue weighted by atomic mass is 79.9. The Balaban J connectivity index is 1.94. The molecule has 1 heterocycles. The number of guanidine groups is 1. The molecule has 8 heteroatoms. The first kappa shape index (κ1) is 19.0. The van der Waals surface area contributed by atoms with Crippen LogP contribution in [-0.2, 0) is 22.9 Å². The molecule has 0 aliphatic heterocycles. The lowest BCUT2D eigenvalue weighted by molar-refractivity contribution is 0.601. The van der Waals surface area contributed by atoms with Gasteiger partial charge in [0.2, 0.25) is 0 Å². The number of thiophene rings is 1. The van der Waals surface area contributed by atoms with Crippen LogP contribution in [0, 0.1) is 6.92 Å². The van der Waals surface area contributed by atoms with Crippen LogP contribution in [0.3, 0.4) is 0 Å². The summed E-state index contributed by atoms with van der Waals surface area (Å²) in [5.41, 5.74) is 1.75. The van der Waals surface area contributed by atoms with E-state index < -0.39 is 9.84 Å². The molecular formula is C16H20BrN3O2S2. The zero-order valence-corrected chi connectivity index (χ0v) is 17.0. The number of benzene rings is 1. The van der Waals surface area contributed by atoms with Gasteiger partial charge in [-0.25, -0.2) is 8.42 Å². The lowest BCUT2D eigenvalue weighted by Crippen LogP contribution is -2.36. The van der Waals surface area contributed by atoms with Gasteiger partial charge < -0.3 is 10.6 Å².